The third-order valence-corrected chi connectivity index (χ3v) is 4.71. The summed E-state index contributed by atoms with van der Waals surface area (Å²) in [5.74, 6) is -0.0965. The van der Waals surface area contributed by atoms with E-state index in [1.165, 1.54) is 0 Å². The molecule has 0 aliphatic rings. The maximum absolute atomic E-state index is 10.9. The first-order valence-corrected chi connectivity index (χ1v) is 9.39. The van der Waals surface area contributed by atoms with Crippen LogP contribution in [0.3, 0.4) is 0 Å². The van der Waals surface area contributed by atoms with E-state index in [1.807, 2.05) is 60.7 Å². The number of aromatic carboxylic acids is 1. The van der Waals surface area contributed by atoms with Crippen LogP contribution in [0.25, 0.3) is 0 Å². The molecular weight excluding hydrogens is 442 g/mol. The summed E-state index contributed by atoms with van der Waals surface area (Å²) >= 11 is 3.57. The number of carbonyl (C=O) groups is 1. The van der Waals surface area contributed by atoms with Crippen LogP contribution < -0.4 is 10.1 Å². The van der Waals surface area contributed by atoms with E-state index in [1.54, 1.807) is 12.1 Å². The number of hydrogen-bond donors (Lipinski definition) is 2. The highest BCUT2D eigenvalue weighted by molar-refractivity contribution is 9.10. The van der Waals surface area contributed by atoms with Crippen molar-refractivity contribution in [3.8, 4) is 5.75 Å². The molecule has 2 N–H and O–H groups in total. The number of rotatable bonds is 8. The molecule has 0 amide bonds. The van der Waals surface area contributed by atoms with Crippen LogP contribution in [0.4, 0.5) is 0 Å². The van der Waals surface area contributed by atoms with Crippen LogP contribution in [-0.4, -0.2) is 11.1 Å². The summed E-state index contributed by atoms with van der Waals surface area (Å²) in [6.07, 6.45) is 0. The molecule has 0 saturated heterocycles. The van der Waals surface area contributed by atoms with Gasteiger partial charge in [-0.1, -0.05) is 48.5 Å². The first-order valence-electron chi connectivity index (χ1n) is 8.60. The summed E-state index contributed by atoms with van der Waals surface area (Å²) in [6, 6.07) is 23.0. The zero-order valence-electron chi connectivity index (χ0n) is 15.1. The second kappa shape index (κ2) is 10.9. The molecule has 0 aliphatic heterocycles. The fourth-order valence-corrected chi connectivity index (χ4v) is 3.16. The average molecular weight is 463 g/mol. The van der Waals surface area contributed by atoms with Crippen LogP contribution in [-0.2, 0) is 19.7 Å². The van der Waals surface area contributed by atoms with Gasteiger partial charge in [-0.25, -0.2) is 4.79 Å². The molecule has 3 aromatic rings. The SMILES string of the molecule is Cl.O=C(O)c1ccc(CNCc2ccc(OCc3ccccc3)c(Br)c2)cc1. The molecule has 146 valence electrons. The average Bonchev–Trinajstić information content (AvgIpc) is 2.68. The number of carboxylic acids is 1. The minimum atomic E-state index is -0.908. The molecule has 0 aliphatic carbocycles. The molecule has 0 radical (unpaired) electrons. The Morgan fingerprint density at radius 2 is 1.54 bits per heavy atom. The maximum Gasteiger partial charge on any atom is 0.335 e. The van der Waals surface area contributed by atoms with Gasteiger partial charge in [-0.05, 0) is 56.9 Å². The Balaban J connectivity index is 0.00000280. The maximum atomic E-state index is 10.9. The van der Waals surface area contributed by atoms with Crippen LogP contribution in [0.1, 0.15) is 27.0 Å². The number of carboxylic acid groups (broad SMARTS) is 1. The van der Waals surface area contributed by atoms with Gasteiger partial charge in [0.1, 0.15) is 12.4 Å². The van der Waals surface area contributed by atoms with E-state index in [2.05, 4.69) is 21.2 Å². The standard InChI is InChI=1S/C22H20BrNO3.ClH/c23-20-12-18(8-11-21(20)27-15-17-4-2-1-3-5-17)14-24-13-16-6-9-19(10-7-16)22(25)26;/h1-12,24H,13-15H2,(H,25,26);1H. The quantitative estimate of drug-likeness (QED) is 0.468. The minimum absolute atomic E-state index is 0. The van der Waals surface area contributed by atoms with Crippen molar-refractivity contribution in [2.24, 2.45) is 0 Å². The summed E-state index contributed by atoms with van der Waals surface area (Å²) in [4.78, 5) is 10.9. The van der Waals surface area contributed by atoms with Gasteiger partial charge in [0.2, 0.25) is 0 Å². The summed E-state index contributed by atoms with van der Waals surface area (Å²) in [7, 11) is 0. The van der Waals surface area contributed by atoms with E-state index >= 15 is 0 Å². The van der Waals surface area contributed by atoms with Gasteiger partial charge in [-0.2, -0.15) is 0 Å². The number of halogens is 2. The lowest BCUT2D eigenvalue weighted by molar-refractivity contribution is 0.0697. The number of hydrogen-bond acceptors (Lipinski definition) is 3. The second-order valence-corrected chi connectivity index (χ2v) is 7.00. The fourth-order valence-electron chi connectivity index (χ4n) is 2.62. The lowest BCUT2D eigenvalue weighted by atomic mass is 10.1. The molecule has 0 spiro atoms. The van der Waals surface area contributed by atoms with Crippen LogP contribution in [0, 0.1) is 0 Å². The van der Waals surface area contributed by atoms with Crippen molar-refractivity contribution in [3.63, 3.8) is 0 Å². The van der Waals surface area contributed by atoms with E-state index in [-0.39, 0.29) is 12.4 Å². The molecule has 28 heavy (non-hydrogen) atoms. The zero-order valence-corrected chi connectivity index (χ0v) is 17.5. The van der Waals surface area contributed by atoms with Gasteiger partial charge in [-0.15, -0.1) is 12.4 Å². The summed E-state index contributed by atoms with van der Waals surface area (Å²) in [6.45, 7) is 1.91. The molecular formula is C22H21BrClNO3. The van der Waals surface area contributed by atoms with Crippen LogP contribution in [0.2, 0.25) is 0 Å². The van der Waals surface area contributed by atoms with E-state index in [0.717, 1.165) is 26.9 Å². The van der Waals surface area contributed by atoms with Crippen LogP contribution in [0.15, 0.2) is 77.3 Å². The van der Waals surface area contributed by atoms with E-state index in [9.17, 15) is 4.79 Å². The molecule has 0 atom stereocenters. The Bertz CT molecular complexity index is 901. The van der Waals surface area contributed by atoms with E-state index in [4.69, 9.17) is 9.84 Å². The van der Waals surface area contributed by atoms with Gasteiger partial charge < -0.3 is 15.2 Å². The molecule has 0 unspecified atom stereocenters. The highest BCUT2D eigenvalue weighted by Crippen LogP contribution is 2.27. The van der Waals surface area contributed by atoms with Crippen LogP contribution in [0.5, 0.6) is 5.75 Å². The Labute approximate surface area is 179 Å². The van der Waals surface area contributed by atoms with Crippen molar-refractivity contribution in [3.05, 3.63) is 99.5 Å². The molecule has 4 nitrogen and oxygen atoms in total. The van der Waals surface area contributed by atoms with Crippen LogP contribution >= 0.6 is 28.3 Å². The highest BCUT2D eigenvalue weighted by Gasteiger charge is 2.05. The first-order chi connectivity index (χ1) is 13.1. The molecule has 3 rings (SSSR count). The van der Waals surface area contributed by atoms with Crippen molar-refractivity contribution in [2.75, 3.05) is 0 Å². The molecule has 0 aromatic heterocycles. The predicted octanol–water partition coefficient (Wildman–Crippen LogP) is 5.44. The lowest BCUT2D eigenvalue weighted by Crippen LogP contribution is -2.12. The van der Waals surface area contributed by atoms with Gasteiger partial charge in [0.25, 0.3) is 0 Å². The van der Waals surface area contributed by atoms with Crippen molar-refractivity contribution in [1.29, 1.82) is 0 Å². The van der Waals surface area contributed by atoms with Gasteiger partial charge in [0.05, 0.1) is 10.0 Å². The van der Waals surface area contributed by atoms with E-state index < -0.39 is 5.97 Å². The van der Waals surface area contributed by atoms with Gasteiger partial charge in [0, 0.05) is 13.1 Å². The Morgan fingerprint density at radius 1 is 0.893 bits per heavy atom. The molecule has 3 aromatic carbocycles. The normalized spacial score (nSPS) is 10.2. The summed E-state index contributed by atoms with van der Waals surface area (Å²) in [5, 5.41) is 12.3. The highest BCUT2D eigenvalue weighted by atomic mass is 79.9. The molecule has 0 bridgehead atoms. The molecule has 6 heteroatoms. The number of benzene rings is 3. The first kappa shape index (κ1) is 22.0. The number of nitrogens with one attached hydrogen (secondary N) is 1. The smallest absolute Gasteiger partial charge is 0.335 e. The molecule has 0 heterocycles. The minimum Gasteiger partial charge on any atom is -0.488 e. The van der Waals surface area contributed by atoms with Crippen molar-refractivity contribution in [1.82, 2.24) is 5.32 Å². The Morgan fingerprint density at radius 3 is 2.18 bits per heavy atom. The Kier molecular flexibility index (Phi) is 8.51. The second-order valence-electron chi connectivity index (χ2n) is 6.14. The van der Waals surface area contributed by atoms with Crippen molar-refractivity contribution in [2.45, 2.75) is 19.7 Å². The molecule has 0 saturated carbocycles. The van der Waals surface area contributed by atoms with Gasteiger partial charge >= 0.3 is 5.97 Å². The largest absolute Gasteiger partial charge is 0.488 e. The van der Waals surface area contributed by atoms with E-state index in [0.29, 0.717) is 25.3 Å². The third kappa shape index (κ3) is 6.37. The Hall–Kier alpha value is -2.34. The van der Waals surface area contributed by atoms with Crippen molar-refractivity contribution >= 4 is 34.3 Å². The van der Waals surface area contributed by atoms with Crippen molar-refractivity contribution < 1.29 is 14.6 Å². The number of ether oxygens (including phenoxy) is 1. The fraction of sp³-hybridized carbons (Fsp3) is 0.136. The predicted molar refractivity (Wildman–Crippen MR) is 116 cm³/mol. The summed E-state index contributed by atoms with van der Waals surface area (Å²) in [5.41, 5.74) is 3.61. The summed E-state index contributed by atoms with van der Waals surface area (Å²) < 4.78 is 6.79. The third-order valence-electron chi connectivity index (χ3n) is 4.09. The molecule has 0 fully saturated rings. The topological polar surface area (TPSA) is 58.6 Å². The lowest BCUT2D eigenvalue weighted by Gasteiger charge is -2.11. The monoisotopic (exact) mass is 461 g/mol. The van der Waals surface area contributed by atoms with Gasteiger partial charge in [0.15, 0.2) is 0 Å². The zero-order chi connectivity index (χ0) is 19.1. The van der Waals surface area contributed by atoms with Gasteiger partial charge in [-0.3, -0.25) is 0 Å².